The summed E-state index contributed by atoms with van der Waals surface area (Å²) in [5, 5.41) is 9.18. The average molecular weight is 365 g/mol. The Labute approximate surface area is 160 Å². The van der Waals surface area contributed by atoms with Gasteiger partial charge in [-0.2, -0.15) is 0 Å². The normalized spacial score (nSPS) is 19.4. The smallest absolute Gasteiger partial charge is 0.306 e. The van der Waals surface area contributed by atoms with Crippen molar-refractivity contribution >= 4 is 11.9 Å². The second-order valence-electron chi connectivity index (χ2n) is 7.37. The van der Waals surface area contributed by atoms with Crippen molar-refractivity contribution in [2.24, 2.45) is 11.8 Å². The van der Waals surface area contributed by atoms with E-state index in [1.165, 1.54) is 5.56 Å². The topological polar surface area (TPSA) is 57.6 Å². The van der Waals surface area contributed by atoms with Crippen LogP contribution in [0.25, 0.3) is 0 Å². The molecule has 0 unspecified atom stereocenters. The second-order valence-corrected chi connectivity index (χ2v) is 7.37. The third kappa shape index (κ3) is 5.43. The van der Waals surface area contributed by atoms with Gasteiger partial charge >= 0.3 is 5.97 Å². The fourth-order valence-corrected chi connectivity index (χ4v) is 3.83. The fourth-order valence-electron chi connectivity index (χ4n) is 3.83. The van der Waals surface area contributed by atoms with Crippen LogP contribution in [0, 0.1) is 11.8 Å². The van der Waals surface area contributed by atoms with E-state index >= 15 is 0 Å². The summed E-state index contributed by atoms with van der Waals surface area (Å²) in [6, 6.07) is 20.3. The first kappa shape index (κ1) is 19.2. The van der Waals surface area contributed by atoms with Crippen molar-refractivity contribution in [1.29, 1.82) is 0 Å². The summed E-state index contributed by atoms with van der Waals surface area (Å²) in [6.45, 7) is 1.28. The molecule has 0 spiro atoms. The van der Waals surface area contributed by atoms with Gasteiger partial charge in [-0.25, -0.2) is 0 Å². The van der Waals surface area contributed by atoms with E-state index in [9.17, 15) is 14.7 Å². The third-order valence-electron chi connectivity index (χ3n) is 5.47. The van der Waals surface area contributed by atoms with Crippen LogP contribution in [0.1, 0.15) is 36.8 Å². The summed E-state index contributed by atoms with van der Waals surface area (Å²) in [5.41, 5.74) is 2.34. The van der Waals surface area contributed by atoms with Crippen LogP contribution in [-0.2, 0) is 22.6 Å². The van der Waals surface area contributed by atoms with Gasteiger partial charge in [0, 0.05) is 19.0 Å². The second kappa shape index (κ2) is 9.36. The molecule has 4 nitrogen and oxygen atoms in total. The Morgan fingerprint density at radius 3 is 1.89 bits per heavy atom. The molecule has 2 aromatic carbocycles. The van der Waals surface area contributed by atoms with Crippen LogP contribution in [0.5, 0.6) is 0 Å². The lowest BCUT2D eigenvalue weighted by Crippen LogP contribution is -2.39. The van der Waals surface area contributed by atoms with E-state index in [0.29, 0.717) is 38.8 Å². The van der Waals surface area contributed by atoms with E-state index in [1.54, 1.807) is 0 Å². The van der Waals surface area contributed by atoms with Crippen LogP contribution in [0.4, 0.5) is 0 Å². The number of carboxylic acids is 1. The summed E-state index contributed by atoms with van der Waals surface area (Å²) in [5.74, 6) is -0.911. The zero-order valence-electron chi connectivity index (χ0n) is 15.6. The van der Waals surface area contributed by atoms with Crippen LogP contribution < -0.4 is 0 Å². The number of hydrogen-bond acceptors (Lipinski definition) is 2. The van der Waals surface area contributed by atoms with Gasteiger partial charge in [0.2, 0.25) is 5.91 Å². The number of carboxylic acid groups (broad SMARTS) is 1. The molecule has 27 heavy (non-hydrogen) atoms. The molecule has 0 atom stereocenters. The van der Waals surface area contributed by atoms with Crippen LogP contribution in [0.3, 0.4) is 0 Å². The number of rotatable bonds is 7. The zero-order chi connectivity index (χ0) is 19.1. The minimum Gasteiger partial charge on any atom is -0.481 e. The molecule has 0 heterocycles. The Balaban J connectivity index is 1.66. The molecule has 1 saturated carbocycles. The standard InChI is InChI=1S/C23H27NO3/c25-22(20-11-13-21(14-12-20)23(26)27)24(17-19-9-5-2-6-10-19)16-15-18-7-3-1-4-8-18/h1-10,20-21H,11-17H2,(H,26,27). The van der Waals surface area contributed by atoms with Crippen LogP contribution in [0.2, 0.25) is 0 Å². The number of nitrogens with zero attached hydrogens (tertiary/aromatic N) is 1. The van der Waals surface area contributed by atoms with Gasteiger partial charge in [-0.1, -0.05) is 60.7 Å². The highest BCUT2D eigenvalue weighted by atomic mass is 16.4. The van der Waals surface area contributed by atoms with Crippen molar-refractivity contribution in [3.63, 3.8) is 0 Å². The molecule has 0 radical (unpaired) electrons. The lowest BCUT2D eigenvalue weighted by molar-refractivity contribution is -0.145. The molecule has 0 aromatic heterocycles. The number of carbonyl (C=O) groups is 2. The lowest BCUT2D eigenvalue weighted by Gasteiger charge is -2.31. The van der Waals surface area contributed by atoms with Gasteiger partial charge < -0.3 is 10.0 Å². The molecule has 3 rings (SSSR count). The molecule has 142 valence electrons. The van der Waals surface area contributed by atoms with Crippen LogP contribution in [0.15, 0.2) is 60.7 Å². The number of amides is 1. The summed E-state index contributed by atoms with van der Waals surface area (Å²) in [6.07, 6.45) is 3.37. The maximum absolute atomic E-state index is 13.2. The van der Waals surface area contributed by atoms with Gasteiger partial charge in [0.1, 0.15) is 0 Å². The number of aliphatic carboxylic acids is 1. The highest BCUT2D eigenvalue weighted by Gasteiger charge is 2.32. The first-order valence-electron chi connectivity index (χ1n) is 9.73. The Kier molecular flexibility index (Phi) is 6.64. The fraction of sp³-hybridized carbons (Fsp3) is 0.391. The van der Waals surface area contributed by atoms with Gasteiger partial charge in [0.25, 0.3) is 0 Å². The van der Waals surface area contributed by atoms with Crippen molar-refractivity contribution in [2.75, 3.05) is 6.54 Å². The quantitative estimate of drug-likeness (QED) is 0.802. The SMILES string of the molecule is O=C(O)C1CCC(C(=O)N(CCc2ccccc2)Cc2ccccc2)CC1. The molecule has 1 aliphatic carbocycles. The molecule has 1 amide bonds. The molecule has 0 saturated heterocycles. The minimum atomic E-state index is -0.730. The summed E-state index contributed by atoms with van der Waals surface area (Å²) in [7, 11) is 0. The number of carbonyl (C=O) groups excluding carboxylic acids is 1. The van der Waals surface area contributed by atoms with E-state index < -0.39 is 5.97 Å². The predicted octanol–water partition coefficient (Wildman–Crippen LogP) is 4.15. The van der Waals surface area contributed by atoms with E-state index in [0.717, 1.165) is 12.0 Å². The van der Waals surface area contributed by atoms with Crippen molar-refractivity contribution < 1.29 is 14.7 Å². The van der Waals surface area contributed by atoms with E-state index in [-0.39, 0.29) is 17.7 Å². The third-order valence-corrected chi connectivity index (χ3v) is 5.47. The monoisotopic (exact) mass is 365 g/mol. The summed E-state index contributed by atoms with van der Waals surface area (Å²) < 4.78 is 0. The first-order valence-corrected chi connectivity index (χ1v) is 9.73. The minimum absolute atomic E-state index is 0.0555. The molecule has 1 fully saturated rings. The first-order chi connectivity index (χ1) is 13.1. The Bertz CT molecular complexity index is 737. The summed E-state index contributed by atoms with van der Waals surface area (Å²) in [4.78, 5) is 26.3. The highest BCUT2D eigenvalue weighted by molar-refractivity contribution is 5.79. The predicted molar refractivity (Wildman–Crippen MR) is 105 cm³/mol. The van der Waals surface area contributed by atoms with E-state index in [1.807, 2.05) is 53.4 Å². The Morgan fingerprint density at radius 1 is 0.815 bits per heavy atom. The van der Waals surface area contributed by atoms with E-state index in [4.69, 9.17) is 0 Å². The molecule has 1 N–H and O–H groups in total. The maximum atomic E-state index is 13.2. The summed E-state index contributed by atoms with van der Waals surface area (Å²) >= 11 is 0. The van der Waals surface area contributed by atoms with Gasteiger partial charge in [-0.3, -0.25) is 9.59 Å². The molecule has 0 aliphatic heterocycles. The Hall–Kier alpha value is -2.62. The van der Waals surface area contributed by atoms with Crippen LogP contribution >= 0.6 is 0 Å². The molecular formula is C23H27NO3. The van der Waals surface area contributed by atoms with Gasteiger partial charge in [0.15, 0.2) is 0 Å². The molecule has 4 heteroatoms. The molecule has 2 aromatic rings. The van der Waals surface area contributed by atoms with E-state index in [2.05, 4.69) is 12.1 Å². The maximum Gasteiger partial charge on any atom is 0.306 e. The average Bonchev–Trinajstić information content (AvgIpc) is 2.72. The van der Waals surface area contributed by atoms with Crippen molar-refractivity contribution in [3.05, 3.63) is 71.8 Å². The van der Waals surface area contributed by atoms with Gasteiger partial charge in [-0.05, 0) is 43.2 Å². The van der Waals surface area contributed by atoms with Crippen molar-refractivity contribution in [3.8, 4) is 0 Å². The van der Waals surface area contributed by atoms with Gasteiger partial charge in [0.05, 0.1) is 5.92 Å². The van der Waals surface area contributed by atoms with Crippen molar-refractivity contribution in [2.45, 2.75) is 38.6 Å². The highest BCUT2D eigenvalue weighted by Crippen LogP contribution is 2.30. The molecule has 0 bridgehead atoms. The number of benzene rings is 2. The Morgan fingerprint density at radius 2 is 1.33 bits per heavy atom. The largest absolute Gasteiger partial charge is 0.481 e. The molecule has 1 aliphatic rings. The number of hydrogen-bond donors (Lipinski definition) is 1. The van der Waals surface area contributed by atoms with Crippen molar-refractivity contribution in [1.82, 2.24) is 4.90 Å². The lowest BCUT2D eigenvalue weighted by atomic mass is 9.81. The zero-order valence-corrected chi connectivity index (χ0v) is 15.6. The molecular weight excluding hydrogens is 338 g/mol. The van der Waals surface area contributed by atoms with Crippen LogP contribution in [-0.4, -0.2) is 28.4 Å². The van der Waals surface area contributed by atoms with Gasteiger partial charge in [-0.15, -0.1) is 0 Å².